The number of halogens is 1. The van der Waals surface area contributed by atoms with Gasteiger partial charge < -0.3 is 14.5 Å². The molecule has 0 unspecified atom stereocenters. The number of hydrogen-bond acceptors (Lipinski definition) is 5. The van der Waals surface area contributed by atoms with E-state index in [0.717, 1.165) is 30.7 Å². The maximum atomic E-state index is 13.5. The molecule has 2 heterocycles. The van der Waals surface area contributed by atoms with Crippen molar-refractivity contribution in [3.05, 3.63) is 64.9 Å². The smallest absolute Gasteiger partial charge is 0.273 e. The van der Waals surface area contributed by atoms with Crippen molar-refractivity contribution >= 4 is 5.91 Å². The van der Waals surface area contributed by atoms with E-state index in [2.05, 4.69) is 20.5 Å². The lowest BCUT2D eigenvalue weighted by molar-refractivity contribution is 0.0945. The van der Waals surface area contributed by atoms with Crippen LogP contribution in [0.2, 0.25) is 0 Å². The van der Waals surface area contributed by atoms with E-state index in [1.54, 1.807) is 12.1 Å². The third-order valence-electron chi connectivity index (χ3n) is 4.28. The molecule has 1 aromatic carbocycles. The highest BCUT2D eigenvalue weighted by molar-refractivity contribution is 5.91. The second-order valence-corrected chi connectivity index (χ2v) is 6.01. The first kappa shape index (κ1) is 16.3. The summed E-state index contributed by atoms with van der Waals surface area (Å²) in [6.45, 7) is 0.264. The van der Waals surface area contributed by atoms with Crippen LogP contribution in [0.25, 0.3) is 0 Å². The Kier molecular flexibility index (Phi) is 4.39. The zero-order valence-corrected chi connectivity index (χ0v) is 13.9. The fourth-order valence-electron chi connectivity index (χ4n) is 2.97. The van der Waals surface area contributed by atoms with Crippen molar-refractivity contribution < 1.29 is 18.3 Å². The molecule has 0 radical (unpaired) electrons. The molecule has 4 rings (SSSR count). The van der Waals surface area contributed by atoms with Gasteiger partial charge in [-0.05, 0) is 37.0 Å². The van der Waals surface area contributed by atoms with Gasteiger partial charge in [0.1, 0.15) is 6.26 Å². The molecule has 0 spiro atoms. The molecule has 0 atom stereocenters. The Labute approximate surface area is 148 Å². The summed E-state index contributed by atoms with van der Waals surface area (Å²) in [6, 6.07) is 6.05. The maximum absolute atomic E-state index is 13.5. The normalized spacial score (nSPS) is 12.8. The van der Waals surface area contributed by atoms with Crippen molar-refractivity contribution in [3.8, 4) is 5.75 Å². The van der Waals surface area contributed by atoms with Crippen LogP contribution >= 0.6 is 0 Å². The molecule has 7 nitrogen and oxygen atoms in total. The molecule has 134 valence electrons. The van der Waals surface area contributed by atoms with Gasteiger partial charge in [0.2, 0.25) is 5.89 Å². The lowest BCUT2D eigenvalue weighted by Crippen LogP contribution is -2.24. The van der Waals surface area contributed by atoms with Crippen LogP contribution in [0.1, 0.15) is 39.8 Å². The second kappa shape index (κ2) is 6.99. The molecular formula is C18H17FN4O3. The van der Waals surface area contributed by atoms with Crippen molar-refractivity contribution in [2.75, 3.05) is 0 Å². The average molecular weight is 356 g/mol. The van der Waals surface area contributed by atoms with E-state index < -0.39 is 5.82 Å². The minimum atomic E-state index is -0.469. The van der Waals surface area contributed by atoms with Crippen LogP contribution in [0.3, 0.4) is 0 Å². The van der Waals surface area contributed by atoms with Crippen molar-refractivity contribution in [3.63, 3.8) is 0 Å². The summed E-state index contributed by atoms with van der Waals surface area (Å²) in [6.07, 6.45) is 4.35. The van der Waals surface area contributed by atoms with Crippen LogP contribution in [-0.2, 0) is 26.0 Å². The fraction of sp³-hybridized carbons (Fsp3) is 0.278. The summed E-state index contributed by atoms with van der Waals surface area (Å²) in [5.41, 5.74) is 3.36. The van der Waals surface area contributed by atoms with Crippen LogP contribution in [-0.4, -0.2) is 21.1 Å². The quantitative estimate of drug-likeness (QED) is 0.708. The number of aromatic amines is 1. The highest BCUT2D eigenvalue weighted by atomic mass is 19.1. The maximum Gasteiger partial charge on any atom is 0.273 e. The highest BCUT2D eigenvalue weighted by Crippen LogP contribution is 2.22. The Bertz CT molecular complexity index is 934. The molecule has 8 heteroatoms. The molecule has 0 saturated carbocycles. The molecule has 0 saturated heterocycles. The van der Waals surface area contributed by atoms with Gasteiger partial charge in [0, 0.05) is 5.69 Å². The SMILES string of the molecule is O=C(NCc1n[nH]c2c1CCC2)c1coc(COc2ccccc2F)n1. The second-order valence-electron chi connectivity index (χ2n) is 6.01. The number of benzene rings is 1. The summed E-state index contributed by atoms with van der Waals surface area (Å²) in [4.78, 5) is 16.3. The lowest BCUT2D eigenvalue weighted by atomic mass is 10.2. The van der Waals surface area contributed by atoms with Crippen LogP contribution in [0.4, 0.5) is 4.39 Å². The Balaban J connectivity index is 1.33. The summed E-state index contributed by atoms with van der Waals surface area (Å²) in [5.74, 6) is -0.535. The number of fused-ring (bicyclic) bond motifs is 1. The standard InChI is InChI=1S/C18H17FN4O3/c19-12-5-1-2-7-16(12)25-10-17-21-15(9-26-17)18(24)20-8-14-11-4-3-6-13(11)22-23-14/h1-2,5,7,9H,3-4,6,8,10H2,(H,20,24)(H,22,23). The van der Waals surface area contributed by atoms with Gasteiger partial charge in [-0.3, -0.25) is 9.89 Å². The van der Waals surface area contributed by atoms with Gasteiger partial charge in [0.15, 0.2) is 23.9 Å². The predicted molar refractivity (Wildman–Crippen MR) is 89.0 cm³/mol. The number of amides is 1. The number of H-pyrrole nitrogens is 1. The van der Waals surface area contributed by atoms with Crippen LogP contribution in [0.5, 0.6) is 5.75 Å². The molecule has 26 heavy (non-hydrogen) atoms. The number of rotatable bonds is 6. The first-order valence-electron chi connectivity index (χ1n) is 8.35. The molecule has 0 aliphatic heterocycles. The predicted octanol–water partition coefficient (Wildman–Crippen LogP) is 2.53. The minimum Gasteiger partial charge on any atom is -0.481 e. The first-order chi connectivity index (χ1) is 12.7. The van der Waals surface area contributed by atoms with Gasteiger partial charge in [-0.25, -0.2) is 9.37 Å². The van der Waals surface area contributed by atoms with Crippen molar-refractivity contribution in [2.45, 2.75) is 32.4 Å². The third-order valence-corrected chi connectivity index (χ3v) is 4.28. The Morgan fingerprint density at radius 2 is 2.23 bits per heavy atom. The van der Waals surface area contributed by atoms with E-state index in [-0.39, 0.29) is 29.8 Å². The number of nitrogens with zero attached hydrogens (tertiary/aromatic N) is 2. The molecule has 1 aliphatic rings. The van der Waals surface area contributed by atoms with Crippen molar-refractivity contribution in [1.29, 1.82) is 0 Å². The monoisotopic (exact) mass is 356 g/mol. The Hall–Kier alpha value is -3.16. The first-order valence-corrected chi connectivity index (χ1v) is 8.35. The van der Waals surface area contributed by atoms with E-state index in [0.29, 0.717) is 6.54 Å². The summed E-state index contributed by atoms with van der Waals surface area (Å²) < 4.78 is 24.0. The van der Waals surface area contributed by atoms with Crippen LogP contribution < -0.4 is 10.1 Å². The Morgan fingerprint density at radius 1 is 1.35 bits per heavy atom. The largest absolute Gasteiger partial charge is 0.481 e. The number of nitrogens with one attached hydrogen (secondary N) is 2. The van der Waals surface area contributed by atoms with E-state index in [1.807, 2.05) is 0 Å². The average Bonchev–Trinajstić information content (AvgIpc) is 3.36. The molecule has 1 aliphatic carbocycles. The topological polar surface area (TPSA) is 93.0 Å². The van der Waals surface area contributed by atoms with Gasteiger partial charge in [0.25, 0.3) is 5.91 Å². The van der Waals surface area contributed by atoms with Gasteiger partial charge in [-0.1, -0.05) is 12.1 Å². The number of oxazole rings is 1. The number of aromatic nitrogens is 3. The Morgan fingerprint density at radius 3 is 3.12 bits per heavy atom. The van der Waals surface area contributed by atoms with E-state index >= 15 is 0 Å². The third kappa shape index (κ3) is 3.30. The summed E-state index contributed by atoms with van der Waals surface area (Å²) in [7, 11) is 0. The summed E-state index contributed by atoms with van der Waals surface area (Å²) in [5, 5.41) is 10.0. The molecular weight excluding hydrogens is 339 g/mol. The molecule has 2 N–H and O–H groups in total. The fourth-order valence-corrected chi connectivity index (χ4v) is 2.97. The van der Waals surface area contributed by atoms with E-state index in [9.17, 15) is 9.18 Å². The van der Waals surface area contributed by atoms with Crippen LogP contribution in [0, 0.1) is 5.82 Å². The molecule has 3 aromatic rings. The number of hydrogen-bond donors (Lipinski definition) is 2. The van der Waals surface area contributed by atoms with Crippen molar-refractivity contribution in [2.24, 2.45) is 0 Å². The van der Waals surface area contributed by atoms with Crippen molar-refractivity contribution in [1.82, 2.24) is 20.5 Å². The zero-order chi connectivity index (χ0) is 17.9. The molecule has 1 amide bonds. The minimum absolute atomic E-state index is 0.0684. The summed E-state index contributed by atoms with van der Waals surface area (Å²) >= 11 is 0. The molecule has 0 bridgehead atoms. The number of carbonyl (C=O) groups excluding carboxylic acids is 1. The van der Waals surface area contributed by atoms with Crippen LogP contribution in [0.15, 0.2) is 34.9 Å². The number of ether oxygens (including phenoxy) is 1. The number of carbonyl (C=O) groups is 1. The van der Waals surface area contributed by atoms with Gasteiger partial charge in [-0.15, -0.1) is 0 Å². The van der Waals surface area contributed by atoms with Gasteiger partial charge in [0.05, 0.1) is 12.2 Å². The van der Waals surface area contributed by atoms with E-state index in [4.69, 9.17) is 9.15 Å². The van der Waals surface area contributed by atoms with Gasteiger partial charge in [-0.2, -0.15) is 5.10 Å². The van der Waals surface area contributed by atoms with E-state index in [1.165, 1.54) is 24.0 Å². The lowest BCUT2D eigenvalue weighted by Gasteiger charge is -2.03. The zero-order valence-electron chi connectivity index (χ0n) is 13.9. The van der Waals surface area contributed by atoms with Gasteiger partial charge >= 0.3 is 0 Å². The highest BCUT2D eigenvalue weighted by Gasteiger charge is 2.19. The number of aryl methyl sites for hydroxylation is 1. The molecule has 0 fully saturated rings. The number of para-hydroxylation sites is 1. The molecule has 2 aromatic heterocycles.